The minimum atomic E-state index is 0.866. The van der Waals surface area contributed by atoms with Crippen molar-refractivity contribution in [3.05, 3.63) is 24.3 Å². The lowest BCUT2D eigenvalue weighted by Gasteiger charge is -2.04. The van der Waals surface area contributed by atoms with Gasteiger partial charge in [-0.3, -0.25) is 0 Å². The van der Waals surface area contributed by atoms with E-state index in [1.54, 1.807) is 12.4 Å². The molecule has 0 aliphatic heterocycles. The van der Waals surface area contributed by atoms with E-state index in [9.17, 15) is 0 Å². The summed E-state index contributed by atoms with van der Waals surface area (Å²) in [6, 6.07) is 1.85. The monoisotopic (exact) mass is 314 g/mol. The number of aromatic nitrogens is 2. The quantitative estimate of drug-likeness (QED) is 0.460. The number of nitrogens with zero attached hydrogens (tertiary/aromatic N) is 2. The fourth-order valence-electron chi connectivity index (χ4n) is 1.70. The zero-order chi connectivity index (χ0) is 12.9. The summed E-state index contributed by atoms with van der Waals surface area (Å²) in [5, 5.41) is 1.12. The summed E-state index contributed by atoms with van der Waals surface area (Å²) >= 11 is 3.44. The second-order valence-electron chi connectivity index (χ2n) is 4.34. The molecular weight excluding hydrogens is 292 g/mol. The number of aryl methyl sites for hydroxylation is 1. The molecule has 0 aliphatic rings. The van der Waals surface area contributed by atoms with Crippen molar-refractivity contribution in [1.82, 2.24) is 9.97 Å². The molecule has 0 radical (unpaired) electrons. The van der Waals surface area contributed by atoms with Gasteiger partial charge in [0.05, 0.1) is 0 Å². The molecule has 0 saturated heterocycles. The summed E-state index contributed by atoms with van der Waals surface area (Å²) in [5.74, 6) is 0.937. The summed E-state index contributed by atoms with van der Waals surface area (Å²) < 4.78 is 5.60. The Morgan fingerprint density at radius 1 is 0.889 bits per heavy atom. The van der Waals surface area contributed by atoms with E-state index in [-0.39, 0.29) is 0 Å². The second-order valence-corrected chi connectivity index (χ2v) is 5.13. The Kier molecular flexibility index (Phi) is 10.0. The van der Waals surface area contributed by atoms with Crippen LogP contribution in [0.1, 0.15) is 44.3 Å². The van der Waals surface area contributed by atoms with Gasteiger partial charge in [-0.2, -0.15) is 0 Å². The third-order valence-corrected chi connectivity index (χ3v) is 3.29. The van der Waals surface area contributed by atoms with Crippen LogP contribution in [-0.4, -0.2) is 28.5 Å². The van der Waals surface area contributed by atoms with Crippen molar-refractivity contribution in [2.75, 3.05) is 18.5 Å². The molecule has 102 valence electrons. The lowest BCUT2D eigenvalue weighted by molar-refractivity contribution is 0.126. The van der Waals surface area contributed by atoms with E-state index in [1.807, 2.05) is 6.07 Å². The van der Waals surface area contributed by atoms with Gasteiger partial charge in [0.25, 0.3) is 0 Å². The van der Waals surface area contributed by atoms with Crippen LogP contribution >= 0.6 is 15.9 Å². The first-order valence-electron chi connectivity index (χ1n) is 6.83. The third kappa shape index (κ3) is 8.59. The normalized spacial score (nSPS) is 10.7. The van der Waals surface area contributed by atoms with Gasteiger partial charge in [-0.05, 0) is 31.7 Å². The standard InChI is InChI=1S/C14H23BrN2O/c15-9-4-1-2-5-12-18-13-6-3-8-14-16-10-7-11-17-14/h7,10-11H,1-6,8-9,12-13H2. The maximum absolute atomic E-state index is 5.60. The summed E-state index contributed by atoms with van der Waals surface area (Å²) in [6.45, 7) is 1.77. The fraction of sp³-hybridized carbons (Fsp3) is 0.714. The molecule has 0 bridgehead atoms. The molecule has 1 rings (SSSR count). The first kappa shape index (κ1) is 15.6. The predicted octanol–water partition coefficient (Wildman–Crippen LogP) is 3.77. The molecule has 0 aliphatic carbocycles. The molecule has 0 atom stereocenters. The van der Waals surface area contributed by atoms with Gasteiger partial charge in [0.15, 0.2) is 0 Å². The van der Waals surface area contributed by atoms with Crippen LogP contribution in [0.4, 0.5) is 0 Å². The van der Waals surface area contributed by atoms with Crippen LogP contribution in [0.3, 0.4) is 0 Å². The Bertz CT molecular complexity index is 282. The van der Waals surface area contributed by atoms with Crippen molar-refractivity contribution in [2.45, 2.75) is 44.9 Å². The highest BCUT2D eigenvalue weighted by atomic mass is 79.9. The van der Waals surface area contributed by atoms with Gasteiger partial charge in [0.2, 0.25) is 0 Å². The van der Waals surface area contributed by atoms with Crippen LogP contribution in [-0.2, 0) is 11.2 Å². The van der Waals surface area contributed by atoms with Crippen molar-refractivity contribution in [2.24, 2.45) is 0 Å². The minimum Gasteiger partial charge on any atom is -0.381 e. The molecule has 1 aromatic heterocycles. The smallest absolute Gasteiger partial charge is 0.128 e. The van der Waals surface area contributed by atoms with Gasteiger partial charge in [-0.25, -0.2) is 9.97 Å². The van der Waals surface area contributed by atoms with Crippen LogP contribution in [0.5, 0.6) is 0 Å². The Morgan fingerprint density at radius 2 is 1.56 bits per heavy atom. The minimum absolute atomic E-state index is 0.866. The molecule has 18 heavy (non-hydrogen) atoms. The van der Waals surface area contributed by atoms with Crippen LogP contribution in [0.15, 0.2) is 18.5 Å². The van der Waals surface area contributed by atoms with Gasteiger partial charge < -0.3 is 4.74 Å². The van der Waals surface area contributed by atoms with Crippen LogP contribution in [0.25, 0.3) is 0 Å². The third-order valence-electron chi connectivity index (χ3n) is 2.73. The highest BCUT2D eigenvalue weighted by Crippen LogP contribution is 2.03. The molecule has 0 aromatic carbocycles. The number of hydrogen-bond acceptors (Lipinski definition) is 3. The van der Waals surface area contributed by atoms with Crippen molar-refractivity contribution in [1.29, 1.82) is 0 Å². The number of hydrogen-bond donors (Lipinski definition) is 0. The van der Waals surface area contributed by atoms with E-state index < -0.39 is 0 Å². The van der Waals surface area contributed by atoms with Gasteiger partial charge in [-0.15, -0.1) is 0 Å². The lowest BCUT2D eigenvalue weighted by atomic mass is 10.2. The van der Waals surface area contributed by atoms with Crippen molar-refractivity contribution in [3.8, 4) is 0 Å². The van der Waals surface area contributed by atoms with E-state index in [0.29, 0.717) is 0 Å². The highest BCUT2D eigenvalue weighted by molar-refractivity contribution is 9.09. The molecule has 4 heteroatoms. The topological polar surface area (TPSA) is 35.0 Å². The maximum atomic E-state index is 5.60. The molecule has 0 fully saturated rings. The molecule has 1 aromatic rings. The van der Waals surface area contributed by atoms with Crippen LogP contribution in [0.2, 0.25) is 0 Å². The maximum Gasteiger partial charge on any atom is 0.128 e. The molecule has 0 unspecified atom stereocenters. The summed E-state index contributed by atoms with van der Waals surface area (Å²) in [5.41, 5.74) is 0. The summed E-state index contributed by atoms with van der Waals surface area (Å²) in [6.07, 6.45) is 11.8. The van der Waals surface area contributed by atoms with E-state index in [1.165, 1.54) is 25.7 Å². The van der Waals surface area contributed by atoms with Crippen LogP contribution in [0, 0.1) is 0 Å². The van der Waals surface area contributed by atoms with Crippen molar-refractivity contribution >= 4 is 15.9 Å². The highest BCUT2D eigenvalue weighted by Gasteiger charge is 1.95. The first-order valence-corrected chi connectivity index (χ1v) is 7.95. The molecule has 0 saturated carbocycles. The van der Waals surface area contributed by atoms with Gasteiger partial charge in [0.1, 0.15) is 5.82 Å². The van der Waals surface area contributed by atoms with Crippen molar-refractivity contribution < 1.29 is 4.74 Å². The van der Waals surface area contributed by atoms with Gasteiger partial charge >= 0.3 is 0 Å². The Morgan fingerprint density at radius 3 is 2.28 bits per heavy atom. The fourth-order valence-corrected chi connectivity index (χ4v) is 2.10. The first-order chi connectivity index (χ1) is 8.93. The number of halogens is 1. The molecule has 0 amide bonds. The average molecular weight is 315 g/mol. The SMILES string of the molecule is BrCCCCCCOCCCCc1ncccn1. The molecular formula is C14H23BrN2O. The Labute approximate surface area is 119 Å². The Hall–Kier alpha value is -0.480. The van der Waals surface area contributed by atoms with E-state index in [4.69, 9.17) is 4.74 Å². The van der Waals surface area contributed by atoms with Gasteiger partial charge in [-0.1, -0.05) is 28.8 Å². The van der Waals surface area contributed by atoms with E-state index >= 15 is 0 Å². The number of rotatable bonds is 11. The zero-order valence-corrected chi connectivity index (χ0v) is 12.6. The van der Waals surface area contributed by atoms with Crippen LogP contribution < -0.4 is 0 Å². The molecule has 1 heterocycles. The molecule has 3 nitrogen and oxygen atoms in total. The number of ether oxygens (including phenoxy) is 1. The molecule has 0 spiro atoms. The van der Waals surface area contributed by atoms with Gasteiger partial charge in [0, 0.05) is 37.4 Å². The van der Waals surface area contributed by atoms with E-state index in [0.717, 1.165) is 43.6 Å². The largest absolute Gasteiger partial charge is 0.381 e. The summed E-state index contributed by atoms with van der Waals surface area (Å²) in [7, 11) is 0. The average Bonchev–Trinajstić information content (AvgIpc) is 2.42. The zero-order valence-electron chi connectivity index (χ0n) is 11.0. The number of alkyl halides is 1. The Balaban J connectivity index is 1.82. The second kappa shape index (κ2) is 11.6. The summed E-state index contributed by atoms with van der Waals surface area (Å²) in [4.78, 5) is 8.40. The lowest BCUT2D eigenvalue weighted by Crippen LogP contribution is -1.99. The molecule has 0 N–H and O–H groups in total. The number of unbranched alkanes of at least 4 members (excludes halogenated alkanes) is 4. The van der Waals surface area contributed by atoms with E-state index in [2.05, 4.69) is 25.9 Å². The van der Waals surface area contributed by atoms with Crippen molar-refractivity contribution in [3.63, 3.8) is 0 Å². The predicted molar refractivity (Wildman–Crippen MR) is 78.1 cm³/mol.